The van der Waals surface area contributed by atoms with Crippen LogP contribution in [0, 0.1) is 5.92 Å². The number of nitrogens with one attached hydrogen (secondary N) is 1. The van der Waals surface area contributed by atoms with E-state index in [9.17, 15) is 9.59 Å². The minimum absolute atomic E-state index is 0.178. The van der Waals surface area contributed by atoms with E-state index in [1.165, 1.54) is 84.0 Å². The molecule has 0 aromatic heterocycles. The maximum Gasteiger partial charge on any atom is 0.332 e. The van der Waals surface area contributed by atoms with Crippen molar-refractivity contribution in [3.8, 4) is 0 Å². The van der Waals surface area contributed by atoms with Crippen LogP contribution < -0.4 is 5.32 Å². The van der Waals surface area contributed by atoms with E-state index in [0.29, 0.717) is 6.42 Å². The lowest BCUT2D eigenvalue weighted by Crippen LogP contribution is -2.44. The molecule has 0 rings (SSSR count). The van der Waals surface area contributed by atoms with E-state index in [1.54, 1.807) is 0 Å². The molecule has 0 aliphatic carbocycles. The van der Waals surface area contributed by atoms with Crippen LogP contribution in [0.4, 0.5) is 0 Å². The van der Waals surface area contributed by atoms with E-state index in [2.05, 4.69) is 31.0 Å². The van der Waals surface area contributed by atoms with Crippen LogP contribution in [0.1, 0.15) is 124 Å². The number of carboxylic acids is 1. The van der Waals surface area contributed by atoms with Crippen molar-refractivity contribution in [3.05, 3.63) is 0 Å². The largest absolute Gasteiger partial charge is 0.479 e. The van der Waals surface area contributed by atoms with Crippen LogP contribution in [0.15, 0.2) is 0 Å². The van der Waals surface area contributed by atoms with Crippen molar-refractivity contribution in [2.45, 2.75) is 136 Å². The zero-order chi connectivity index (χ0) is 24.8. The predicted molar refractivity (Wildman–Crippen MR) is 135 cm³/mol. The predicted octanol–water partition coefficient (Wildman–Crippen LogP) is 5.97. The zero-order valence-electron chi connectivity index (χ0n) is 22.0. The summed E-state index contributed by atoms with van der Waals surface area (Å²) in [5.74, 6) is -0.107. The van der Waals surface area contributed by atoms with Gasteiger partial charge in [0.05, 0.1) is 6.17 Å². The Labute approximate surface area is 198 Å². The third-order valence-corrected chi connectivity index (χ3v) is 5.63. The number of carboxylic acid groups (broad SMARTS) is 1. The molecule has 2 unspecified atom stereocenters. The van der Waals surface area contributed by atoms with Gasteiger partial charge in [-0.05, 0) is 39.8 Å². The second-order valence-electron chi connectivity index (χ2n) is 9.64. The minimum atomic E-state index is -1.23. The lowest BCUT2D eigenvalue weighted by Gasteiger charge is -2.23. The van der Waals surface area contributed by atoms with Gasteiger partial charge in [0.2, 0.25) is 5.91 Å². The van der Waals surface area contributed by atoms with Crippen molar-refractivity contribution in [1.82, 2.24) is 10.2 Å². The third kappa shape index (κ3) is 25.1. The van der Waals surface area contributed by atoms with E-state index in [1.807, 2.05) is 14.1 Å². The molecule has 0 aliphatic rings. The fraction of sp³-hybridized carbons (Fsp3) is 0.923. The van der Waals surface area contributed by atoms with Gasteiger partial charge >= 0.3 is 5.97 Å². The van der Waals surface area contributed by atoms with Crippen LogP contribution in [0.2, 0.25) is 0 Å². The molecule has 1 amide bonds. The van der Waals surface area contributed by atoms with E-state index >= 15 is 0 Å². The molecular formula is C26H54N2O4. The quantitative estimate of drug-likeness (QED) is 0.164. The first-order valence-electron chi connectivity index (χ1n) is 13.0. The minimum Gasteiger partial charge on any atom is -0.479 e. The highest BCUT2D eigenvalue weighted by Crippen LogP contribution is 2.14. The fourth-order valence-electron chi connectivity index (χ4n) is 3.46. The summed E-state index contributed by atoms with van der Waals surface area (Å²) in [5.41, 5.74) is 0. The number of amides is 1. The molecule has 0 spiro atoms. The highest BCUT2D eigenvalue weighted by Gasteiger charge is 2.11. The Balaban J connectivity index is 0. The van der Waals surface area contributed by atoms with E-state index in [4.69, 9.17) is 10.2 Å². The third-order valence-electron chi connectivity index (χ3n) is 5.63. The Morgan fingerprint density at radius 1 is 0.781 bits per heavy atom. The van der Waals surface area contributed by atoms with Crippen molar-refractivity contribution < 1.29 is 19.8 Å². The average Bonchev–Trinajstić information content (AvgIpc) is 2.72. The molecule has 192 valence electrons. The average molecular weight is 459 g/mol. The molecule has 0 bridgehead atoms. The molecule has 0 saturated heterocycles. The van der Waals surface area contributed by atoms with Crippen LogP contribution >= 0.6 is 0 Å². The summed E-state index contributed by atoms with van der Waals surface area (Å²) >= 11 is 0. The number of unbranched alkanes of at least 4 members (excludes halogenated alkanes) is 11. The van der Waals surface area contributed by atoms with E-state index < -0.39 is 12.1 Å². The maximum absolute atomic E-state index is 11.9. The number of aliphatic carboxylic acids is 1. The monoisotopic (exact) mass is 458 g/mol. The molecular weight excluding hydrogens is 404 g/mol. The Kier molecular flexibility index (Phi) is 23.8. The van der Waals surface area contributed by atoms with Crippen LogP contribution in [-0.2, 0) is 9.59 Å². The van der Waals surface area contributed by atoms with Gasteiger partial charge in [0.25, 0.3) is 0 Å². The number of rotatable bonds is 19. The lowest BCUT2D eigenvalue weighted by molar-refractivity contribution is -0.145. The maximum atomic E-state index is 11.9. The van der Waals surface area contributed by atoms with Gasteiger partial charge in [0, 0.05) is 6.42 Å². The van der Waals surface area contributed by atoms with Gasteiger partial charge in [0.1, 0.15) is 6.10 Å². The zero-order valence-corrected chi connectivity index (χ0v) is 22.0. The fourth-order valence-corrected chi connectivity index (χ4v) is 3.46. The van der Waals surface area contributed by atoms with Gasteiger partial charge in [-0.1, -0.05) is 97.8 Å². The normalized spacial score (nSPS) is 12.9. The van der Waals surface area contributed by atoms with Gasteiger partial charge in [-0.15, -0.1) is 0 Å². The molecule has 0 aliphatic heterocycles. The number of carbonyl (C=O) groups excluding carboxylic acids is 1. The van der Waals surface area contributed by atoms with Gasteiger partial charge < -0.3 is 15.5 Å². The molecule has 6 heteroatoms. The molecule has 2 atom stereocenters. The number of hydrogen-bond acceptors (Lipinski definition) is 4. The van der Waals surface area contributed by atoms with Crippen molar-refractivity contribution in [2.24, 2.45) is 5.92 Å². The number of carbonyl (C=O) groups is 2. The summed E-state index contributed by atoms with van der Waals surface area (Å²) in [6, 6.07) is 0. The molecule has 6 nitrogen and oxygen atoms in total. The summed E-state index contributed by atoms with van der Waals surface area (Å²) in [6.45, 7) is 7.95. The van der Waals surface area contributed by atoms with Gasteiger partial charge in [-0.25, -0.2) is 4.79 Å². The summed E-state index contributed by atoms with van der Waals surface area (Å²) in [4.78, 5) is 23.4. The molecule has 0 aromatic rings. The topological polar surface area (TPSA) is 89.9 Å². The van der Waals surface area contributed by atoms with Crippen molar-refractivity contribution >= 4 is 11.9 Å². The van der Waals surface area contributed by atoms with Gasteiger partial charge in [0.15, 0.2) is 0 Å². The molecule has 0 saturated carbocycles. The molecule has 0 radical (unpaired) electrons. The van der Waals surface area contributed by atoms with E-state index in [-0.39, 0.29) is 12.1 Å². The van der Waals surface area contributed by atoms with Crippen LogP contribution in [-0.4, -0.2) is 53.4 Å². The van der Waals surface area contributed by atoms with Crippen molar-refractivity contribution in [2.75, 3.05) is 14.1 Å². The Morgan fingerprint density at radius 3 is 1.47 bits per heavy atom. The van der Waals surface area contributed by atoms with Gasteiger partial charge in [-0.2, -0.15) is 0 Å². The molecule has 3 N–H and O–H groups in total. The molecule has 0 aromatic carbocycles. The van der Waals surface area contributed by atoms with Crippen LogP contribution in [0.5, 0.6) is 0 Å². The van der Waals surface area contributed by atoms with Crippen molar-refractivity contribution in [1.29, 1.82) is 0 Å². The van der Waals surface area contributed by atoms with Crippen LogP contribution in [0.3, 0.4) is 0 Å². The molecule has 32 heavy (non-hydrogen) atoms. The van der Waals surface area contributed by atoms with Crippen molar-refractivity contribution in [3.63, 3.8) is 0 Å². The molecule has 0 heterocycles. The summed E-state index contributed by atoms with van der Waals surface area (Å²) < 4.78 is 0. The van der Waals surface area contributed by atoms with Gasteiger partial charge in [-0.3, -0.25) is 9.69 Å². The highest BCUT2D eigenvalue weighted by molar-refractivity contribution is 5.76. The Bertz CT molecular complexity index is 440. The first-order valence-corrected chi connectivity index (χ1v) is 13.0. The summed E-state index contributed by atoms with van der Waals surface area (Å²) in [6.07, 6.45) is 18.2. The number of aliphatic hydroxyl groups excluding tert-OH is 1. The smallest absolute Gasteiger partial charge is 0.332 e. The summed E-state index contributed by atoms with van der Waals surface area (Å²) in [7, 11) is 4.03. The number of nitrogens with zero attached hydrogens (tertiary/aromatic N) is 1. The Hall–Kier alpha value is -1.14. The summed E-state index contributed by atoms with van der Waals surface area (Å²) in [5, 5.41) is 18.9. The number of aliphatic hydroxyl groups is 1. The standard InChI is InChI=1S/C23H48N2O.C3H6O3/c1-6-22(25(4)5)24-23(26)20-18-16-14-12-10-8-7-9-11-13-15-17-19-21(2)3;1-2(4)3(5)6/h21-22H,6-20H2,1-5H3,(H,24,26);2,4H,1H3,(H,5,6). The molecule has 0 fully saturated rings. The second kappa shape index (κ2) is 23.0. The first kappa shape index (κ1) is 33.0. The Morgan fingerprint density at radius 2 is 1.16 bits per heavy atom. The van der Waals surface area contributed by atoms with E-state index in [0.717, 1.165) is 18.8 Å². The lowest BCUT2D eigenvalue weighted by atomic mass is 10.0. The number of hydrogen-bond donors (Lipinski definition) is 3. The SMILES string of the molecule is CC(O)C(=O)O.CCC(NC(=O)CCCCCCCCCCCCCCC(C)C)N(C)C. The highest BCUT2D eigenvalue weighted by atomic mass is 16.4. The second-order valence-corrected chi connectivity index (χ2v) is 9.64. The van der Waals surface area contributed by atoms with Crippen LogP contribution in [0.25, 0.3) is 0 Å². The first-order chi connectivity index (χ1) is 15.1.